The van der Waals surface area contributed by atoms with Crippen LogP contribution in [0.2, 0.25) is 0 Å². The summed E-state index contributed by atoms with van der Waals surface area (Å²) in [4.78, 5) is 0. The highest BCUT2D eigenvalue weighted by Crippen LogP contribution is 2.49. The highest BCUT2D eigenvalue weighted by Gasteiger charge is 2.55. The Morgan fingerprint density at radius 3 is 2.17 bits per heavy atom. The minimum atomic E-state index is 0.143. The maximum absolute atomic E-state index is 5.70. The average molecular weight is 233 g/mol. The van der Waals surface area contributed by atoms with Gasteiger partial charge in [-0.3, -0.25) is 0 Å². The van der Waals surface area contributed by atoms with Crippen LogP contribution in [0.3, 0.4) is 0 Å². The van der Waals surface area contributed by atoms with Gasteiger partial charge in [-0.2, -0.15) is 0 Å². The van der Waals surface area contributed by atoms with Gasteiger partial charge in [0.05, 0.1) is 5.60 Å². The second kappa shape index (κ2) is 3.93. The number of ether oxygens (including phenoxy) is 1. The first-order valence-electron chi connectivity index (χ1n) is 4.68. The van der Waals surface area contributed by atoms with Crippen molar-refractivity contribution in [3.8, 4) is 0 Å². The van der Waals surface area contributed by atoms with Crippen molar-refractivity contribution in [1.29, 1.82) is 0 Å². The van der Waals surface area contributed by atoms with Crippen LogP contribution in [0.25, 0.3) is 0 Å². The molecule has 2 heteroatoms. The third-order valence-electron chi connectivity index (χ3n) is 2.40. The van der Waals surface area contributed by atoms with E-state index in [4.69, 9.17) is 4.74 Å². The minimum absolute atomic E-state index is 0.143. The average Bonchev–Trinajstić information content (AvgIpc) is 2.65. The van der Waals surface area contributed by atoms with Gasteiger partial charge in [-0.1, -0.05) is 49.2 Å². The molecule has 0 amide bonds. The zero-order valence-electron chi connectivity index (χ0n) is 7.90. The summed E-state index contributed by atoms with van der Waals surface area (Å²) in [5.41, 5.74) is 0.143. The van der Waals surface area contributed by atoms with Gasteiger partial charge in [0.2, 0.25) is 0 Å². The van der Waals surface area contributed by atoms with E-state index in [0.717, 1.165) is 17.3 Å². The monoisotopic (exact) mass is 232 g/mol. The summed E-state index contributed by atoms with van der Waals surface area (Å²) in [7, 11) is 0. The molecule has 1 rings (SSSR count). The Hall–Kier alpha value is 0.180. The standard InChI is InChI=1S/C10H17BrO/c1-4-6-10(7-5-2)9(12-10)8(3)11/h9H,3-7H2,1-2H3. The molecule has 0 aromatic rings. The lowest BCUT2D eigenvalue weighted by atomic mass is 9.94. The lowest BCUT2D eigenvalue weighted by Crippen LogP contribution is -2.14. The van der Waals surface area contributed by atoms with Crippen molar-refractivity contribution in [3.63, 3.8) is 0 Å². The molecule has 0 saturated carbocycles. The maximum atomic E-state index is 5.70. The molecule has 0 bridgehead atoms. The van der Waals surface area contributed by atoms with Crippen LogP contribution < -0.4 is 0 Å². The smallest absolute Gasteiger partial charge is 0.118 e. The van der Waals surface area contributed by atoms with Crippen molar-refractivity contribution in [2.45, 2.75) is 51.2 Å². The van der Waals surface area contributed by atoms with Gasteiger partial charge in [0.15, 0.2) is 0 Å². The molecular formula is C10H17BrO. The molecule has 12 heavy (non-hydrogen) atoms. The Bertz CT molecular complexity index is 171. The summed E-state index contributed by atoms with van der Waals surface area (Å²) in [6.07, 6.45) is 4.98. The van der Waals surface area contributed by atoms with Gasteiger partial charge in [0.25, 0.3) is 0 Å². The third kappa shape index (κ3) is 1.91. The molecule has 1 fully saturated rings. The Labute approximate surface area is 83.3 Å². The highest BCUT2D eigenvalue weighted by molar-refractivity contribution is 9.11. The topological polar surface area (TPSA) is 12.5 Å². The van der Waals surface area contributed by atoms with Crippen LogP contribution in [-0.2, 0) is 4.74 Å². The van der Waals surface area contributed by atoms with Crippen molar-refractivity contribution >= 4 is 15.9 Å². The van der Waals surface area contributed by atoms with Gasteiger partial charge in [-0.25, -0.2) is 0 Å². The van der Waals surface area contributed by atoms with Crippen LogP contribution in [0.1, 0.15) is 39.5 Å². The molecule has 1 unspecified atom stereocenters. The predicted octanol–water partition coefficient (Wildman–Crippen LogP) is 3.63. The molecule has 1 atom stereocenters. The molecule has 1 saturated heterocycles. The predicted molar refractivity (Wildman–Crippen MR) is 55.5 cm³/mol. The number of hydrogen-bond acceptors (Lipinski definition) is 1. The van der Waals surface area contributed by atoms with Crippen LogP contribution in [0.5, 0.6) is 0 Å². The van der Waals surface area contributed by atoms with Crippen LogP contribution in [0.15, 0.2) is 11.1 Å². The lowest BCUT2D eigenvalue weighted by molar-refractivity contribution is 0.267. The van der Waals surface area contributed by atoms with E-state index >= 15 is 0 Å². The van der Waals surface area contributed by atoms with E-state index in [0.29, 0.717) is 0 Å². The second-order valence-electron chi connectivity index (χ2n) is 3.51. The van der Waals surface area contributed by atoms with Crippen molar-refractivity contribution < 1.29 is 4.74 Å². The Morgan fingerprint density at radius 2 is 1.92 bits per heavy atom. The molecular weight excluding hydrogens is 216 g/mol. The van der Waals surface area contributed by atoms with Gasteiger partial charge in [-0.05, 0) is 12.8 Å². The number of hydrogen-bond donors (Lipinski definition) is 0. The molecule has 1 aliphatic rings. The Kier molecular flexibility index (Phi) is 3.36. The van der Waals surface area contributed by atoms with Crippen molar-refractivity contribution in [2.24, 2.45) is 0 Å². The van der Waals surface area contributed by atoms with Crippen LogP contribution in [-0.4, -0.2) is 11.7 Å². The summed E-state index contributed by atoms with van der Waals surface area (Å²) in [6.45, 7) is 8.27. The van der Waals surface area contributed by atoms with E-state index in [1.165, 1.54) is 12.8 Å². The van der Waals surface area contributed by atoms with Crippen LogP contribution in [0.4, 0.5) is 0 Å². The van der Waals surface area contributed by atoms with Crippen molar-refractivity contribution in [2.75, 3.05) is 0 Å². The van der Waals surface area contributed by atoms with E-state index in [9.17, 15) is 0 Å². The SMILES string of the molecule is C=C(Br)C1OC1(CCC)CCC. The fourth-order valence-electron chi connectivity index (χ4n) is 1.90. The van der Waals surface area contributed by atoms with Gasteiger partial charge >= 0.3 is 0 Å². The van der Waals surface area contributed by atoms with E-state index in [-0.39, 0.29) is 11.7 Å². The van der Waals surface area contributed by atoms with E-state index in [1.807, 2.05) is 0 Å². The number of epoxide rings is 1. The minimum Gasteiger partial charge on any atom is -0.360 e. The molecule has 0 spiro atoms. The Morgan fingerprint density at radius 1 is 1.42 bits per heavy atom. The Balaban J connectivity index is 2.49. The zero-order valence-corrected chi connectivity index (χ0v) is 9.49. The number of rotatable bonds is 5. The highest BCUT2D eigenvalue weighted by atomic mass is 79.9. The van der Waals surface area contributed by atoms with Crippen LogP contribution in [0, 0.1) is 0 Å². The maximum Gasteiger partial charge on any atom is 0.118 e. The molecule has 1 heterocycles. The first-order chi connectivity index (χ1) is 5.66. The quantitative estimate of drug-likeness (QED) is 0.660. The fraction of sp³-hybridized carbons (Fsp3) is 0.800. The van der Waals surface area contributed by atoms with Gasteiger partial charge < -0.3 is 4.74 Å². The van der Waals surface area contributed by atoms with Crippen molar-refractivity contribution in [1.82, 2.24) is 0 Å². The molecule has 1 nitrogen and oxygen atoms in total. The lowest BCUT2D eigenvalue weighted by Gasteiger charge is -2.09. The summed E-state index contributed by atoms with van der Waals surface area (Å²) in [6, 6.07) is 0. The summed E-state index contributed by atoms with van der Waals surface area (Å²) in [5, 5.41) is 0. The zero-order chi connectivity index (χ0) is 9.19. The third-order valence-corrected chi connectivity index (χ3v) is 2.82. The largest absolute Gasteiger partial charge is 0.360 e. The van der Waals surface area contributed by atoms with Crippen LogP contribution >= 0.6 is 15.9 Å². The molecule has 0 radical (unpaired) electrons. The first kappa shape index (κ1) is 10.3. The van der Waals surface area contributed by atoms with E-state index in [1.54, 1.807) is 0 Å². The van der Waals surface area contributed by atoms with Gasteiger partial charge in [0, 0.05) is 4.48 Å². The van der Waals surface area contributed by atoms with Crippen molar-refractivity contribution in [3.05, 3.63) is 11.1 Å². The summed E-state index contributed by atoms with van der Waals surface area (Å²) in [5.74, 6) is 0. The second-order valence-corrected chi connectivity index (χ2v) is 4.53. The fourth-order valence-corrected chi connectivity index (χ4v) is 2.41. The van der Waals surface area contributed by atoms with E-state index in [2.05, 4.69) is 36.4 Å². The van der Waals surface area contributed by atoms with E-state index < -0.39 is 0 Å². The molecule has 0 aromatic carbocycles. The number of halogens is 1. The normalized spacial score (nSPS) is 25.4. The molecule has 0 N–H and O–H groups in total. The van der Waals surface area contributed by atoms with Gasteiger partial charge in [0.1, 0.15) is 6.10 Å². The molecule has 70 valence electrons. The first-order valence-corrected chi connectivity index (χ1v) is 5.47. The molecule has 1 aliphatic heterocycles. The molecule has 0 aromatic heterocycles. The summed E-state index contributed by atoms with van der Waals surface area (Å²) < 4.78 is 6.70. The van der Waals surface area contributed by atoms with Gasteiger partial charge in [-0.15, -0.1) is 0 Å². The summed E-state index contributed by atoms with van der Waals surface area (Å²) >= 11 is 3.40. The molecule has 0 aliphatic carbocycles.